The zero-order chi connectivity index (χ0) is 12.4. The van der Waals surface area contributed by atoms with E-state index in [1.165, 1.54) is 6.08 Å². The van der Waals surface area contributed by atoms with Crippen LogP contribution in [-0.4, -0.2) is 18.2 Å². The molecule has 0 fully saturated rings. The second-order valence-electron chi connectivity index (χ2n) is 3.74. The third kappa shape index (κ3) is 2.31. The van der Waals surface area contributed by atoms with Crippen LogP contribution in [0.4, 0.5) is 0 Å². The summed E-state index contributed by atoms with van der Waals surface area (Å²) in [7, 11) is 0. The minimum absolute atomic E-state index is 0.141. The fraction of sp³-hybridized carbons (Fsp3) is 0.231. The molecule has 1 aromatic carbocycles. The van der Waals surface area contributed by atoms with Crippen LogP contribution in [0.5, 0.6) is 0 Å². The molecule has 0 spiro atoms. The molecule has 0 heterocycles. The minimum Gasteiger partial charge on any atom is -0.489 e. The van der Waals surface area contributed by atoms with Gasteiger partial charge in [-0.1, -0.05) is 22.9 Å². The van der Waals surface area contributed by atoms with Crippen LogP contribution in [0.3, 0.4) is 0 Å². The van der Waals surface area contributed by atoms with Gasteiger partial charge >= 0.3 is 0 Å². The third-order valence-corrected chi connectivity index (χ3v) is 2.93. The van der Waals surface area contributed by atoms with E-state index < -0.39 is 0 Å². The third-order valence-electron chi connectivity index (χ3n) is 2.44. The number of benzene rings is 1. The Balaban J connectivity index is 2.40. The molecule has 2 rings (SSSR count). The molecule has 0 amide bonds. The molecular formula is C13H11BrO3. The number of ether oxygens (including phenoxy) is 1. The molecule has 88 valence electrons. The molecule has 0 saturated carbocycles. The van der Waals surface area contributed by atoms with E-state index in [0.29, 0.717) is 17.7 Å². The molecule has 1 aliphatic rings. The van der Waals surface area contributed by atoms with Crippen molar-refractivity contribution in [2.75, 3.05) is 6.61 Å². The molecule has 0 aromatic heterocycles. The van der Waals surface area contributed by atoms with Gasteiger partial charge in [0.2, 0.25) is 5.78 Å². The highest BCUT2D eigenvalue weighted by Gasteiger charge is 2.26. The average molecular weight is 295 g/mol. The summed E-state index contributed by atoms with van der Waals surface area (Å²) in [5, 5.41) is 0. The van der Waals surface area contributed by atoms with Crippen LogP contribution in [0, 0.1) is 0 Å². The van der Waals surface area contributed by atoms with Gasteiger partial charge in [-0.15, -0.1) is 0 Å². The van der Waals surface area contributed by atoms with E-state index in [0.717, 1.165) is 10.9 Å². The van der Waals surface area contributed by atoms with Gasteiger partial charge < -0.3 is 4.74 Å². The first-order valence-electron chi connectivity index (χ1n) is 5.36. The predicted octanol–water partition coefficient (Wildman–Crippen LogP) is 3.14. The molecule has 0 unspecified atom stereocenters. The molecule has 0 saturated heterocycles. The lowest BCUT2D eigenvalue weighted by Gasteiger charge is -2.15. The summed E-state index contributed by atoms with van der Waals surface area (Å²) < 4.78 is 6.06. The van der Waals surface area contributed by atoms with Gasteiger partial charge in [0.05, 0.1) is 6.61 Å². The van der Waals surface area contributed by atoms with E-state index in [-0.39, 0.29) is 17.3 Å². The van der Waals surface area contributed by atoms with Gasteiger partial charge in [0, 0.05) is 21.7 Å². The molecule has 1 aromatic rings. The van der Waals surface area contributed by atoms with E-state index in [1.807, 2.05) is 6.92 Å². The second kappa shape index (κ2) is 4.84. The summed E-state index contributed by atoms with van der Waals surface area (Å²) in [5.74, 6) is -0.269. The maximum Gasteiger partial charge on any atom is 0.228 e. The van der Waals surface area contributed by atoms with Crippen molar-refractivity contribution >= 4 is 27.5 Å². The number of halogens is 1. The summed E-state index contributed by atoms with van der Waals surface area (Å²) in [6.07, 6.45) is 2.07. The Bertz CT molecular complexity index is 517. The first-order valence-corrected chi connectivity index (χ1v) is 6.16. The van der Waals surface area contributed by atoms with E-state index >= 15 is 0 Å². The van der Waals surface area contributed by atoms with Gasteiger partial charge in [-0.05, 0) is 24.6 Å². The molecule has 1 aliphatic carbocycles. The summed E-state index contributed by atoms with van der Waals surface area (Å²) in [6.45, 7) is 2.38. The molecular weight excluding hydrogens is 284 g/mol. The van der Waals surface area contributed by atoms with Crippen LogP contribution in [0.2, 0.25) is 0 Å². The molecule has 3 nitrogen and oxygen atoms in total. The zero-order valence-corrected chi connectivity index (χ0v) is 10.9. The van der Waals surface area contributed by atoms with Gasteiger partial charge in [0.15, 0.2) is 11.5 Å². The van der Waals surface area contributed by atoms with E-state index in [9.17, 15) is 9.59 Å². The largest absolute Gasteiger partial charge is 0.489 e. The second-order valence-corrected chi connectivity index (χ2v) is 4.66. The van der Waals surface area contributed by atoms with Crippen molar-refractivity contribution in [3.8, 4) is 0 Å². The van der Waals surface area contributed by atoms with E-state index in [2.05, 4.69) is 15.9 Å². The van der Waals surface area contributed by atoms with Gasteiger partial charge in [-0.25, -0.2) is 0 Å². The zero-order valence-electron chi connectivity index (χ0n) is 9.33. The SMILES string of the molecule is CCCOC1=CC(=O)c2ccc(Br)cc2C1=O. The summed E-state index contributed by atoms with van der Waals surface area (Å²) >= 11 is 3.29. The van der Waals surface area contributed by atoms with Gasteiger partial charge in [-0.3, -0.25) is 9.59 Å². The molecule has 0 radical (unpaired) electrons. The topological polar surface area (TPSA) is 43.4 Å². The van der Waals surface area contributed by atoms with Crippen molar-refractivity contribution < 1.29 is 14.3 Å². The first-order chi connectivity index (χ1) is 8.13. The number of fused-ring (bicyclic) bond motifs is 1. The number of ketones is 2. The van der Waals surface area contributed by atoms with Gasteiger partial charge in [0.25, 0.3) is 0 Å². The number of carbonyl (C=O) groups is 2. The van der Waals surface area contributed by atoms with Crippen molar-refractivity contribution in [3.63, 3.8) is 0 Å². The van der Waals surface area contributed by atoms with Crippen molar-refractivity contribution in [1.29, 1.82) is 0 Å². The highest BCUT2D eigenvalue weighted by Crippen LogP contribution is 2.25. The highest BCUT2D eigenvalue weighted by atomic mass is 79.9. The standard InChI is InChI=1S/C13H11BrO3/c1-2-5-17-12-7-11(15)9-4-3-8(14)6-10(9)13(12)16/h3-4,6-7H,2,5H2,1H3. The molecule has 17 heavy (non-hydrogen) atoms. The normalized spacial score (nSPS) is 14.4. The molecule has 0 atom stereocenters. The number of Topliss-reactive ketones (excluding diaryl/α,β-unsaturated/α-hetero) is 1. The number of allylic oxidation sites excluding steroid dienone is 2. The number of hydrogen-bond acceptors (Lipinski definition) is 3. The Morgan fingerprint density at radius 2 is 2.00 bits per heavy atom. The van der Waals surface area contributed by atoms with Gasteiger partial charge in [-0.2, -0.15) is 0 Å². The Hall–Kier alpha value is -1.42. The predicted molar refractivity (Wildman–Crippen MR) is 67.1 cm³/mol. The summed E-state index contributed by atoms with van der Waals surface area (Å²) in [4.78, 5) is 23.8. The van der Waals surface area contributed by atoms with Crippen LogP contribution in [-0.2, 0) is 4.74 Å². The fourth-order valence-corrected chi connectivity index (χ4v) is 1.99. The Kier molecular flexibility index (Phi) is 3.43. The first kappa shape index (κ1) is 12.0. The van der Waals surface area contributed by atoms with Crippen LogP contribution in [0.1, 0.15) is 34.1 Å². The van der Waals surface area contributed by atoms with Crippen molar-refractivity contribution in [3.05, 3.63) is 45.6 Å². The molecule has 0 bridgehead atoms. The van der Waals surface area contributed by atoms with Crippen LogP contribution in [0.25, 0.3) is 0 Å². The maximum absolute atomic E-state index is 12.1. The van der Waals surface area contributed by atoms with Crippen molar-refractivity contribution in [2.24, 2.45) is 0 Å². The maximum atomic E-state index is 12.1. The van der Waals surface area contributed by atoms with E-state index in [4.69, 9.17) is 4.74 Å². The lowest BCUT2D eigenvalue weighted by Crippen LogP contribution is -2.18. The molecule has 0 N–H and O–H groups in total. The summed E-state index contributed by atoms with van der Waals surface area (Å²) in [6, 6.07) is 5.04. The van der Waals surface area contributed by atoms with Crippen molar-refractivity contribution in [2.45, 2.75) is 13.3 Å². The number of carbonyl (C=O) groups excluding carboxylic acids is 2. The monoisotopic (exact) mass is 294 g/mol. The van der Waals surface area contributed by atoms with Crippen LogP contribution < -0.4 is 0 Å². The Morgan fingerprint density at radius 1 is 1.24 bits per heavy atom. The lowest BCUT2D eigenvalue weighted by atomic mass is 9.94. The Labute approximate surface area is 108 Å². The minimum atomic E-state index is -0.227. The van der Waals surface area contributed by atoms with Crippen LogP contribution in [0.15, 0.2) is 34.5 Å². The number of hydrogen-bond donors (Lipinski definition) is 0. The number of rotatable bonds is 3. The van der Waals surface area contributed by atoms with E-state index in [1.54, 1.807) is 18.2 Å². The van der Waals surface area contributed by atoms with Crippen LogP contribution >= 0.6 is 15.9 Å². The van der Waals surface area contributed by atoms with Gasteiger partial charge in [0.1, 0.15) is 0 Å². The average Bonchev–Trinajstić information content (AvgIpc) is 2.32. The Morgan fingerprint density at radius 3 is 2.71 bits per heavy atom. The molecule has 0 aliphatic heterocycles. The quantitative estimate of drug-likeness (QED) is 0.860. The molecule has 4 heteroatoms. The highest BCUT2D eigenvalue weighted by molar-refractivity contribution is 9.10. The fourth-order valence-electron chi connectivity index (χ4n) is 1.63. The lowest BCUT2D eigenvalue weighted by molar-refractivity contribution is 0.0883. The smallest absolute Gasteiger partial charge is 0.228 e. The summed E-state index contributed by atoms with van der Waals surface area (Å²) in [5.41, 5.74) is 0.833. The van der Waals surface area contributed by atoms with Crippen molar-refractivity contribution in [1.82, 2.24) is 0 Å².